The smallest absolute Gasteiger partial charge is 0.182 e. The molecule has 0 radical (unpaired) electrons. The Bertz CT molecular complexity index is 328. The number of nitrogens with one attached hydrogen (secondary N) is 1. The van der Waals surface area contributed by atoms with Gasteiger partial charge in [0.15, 0.2) is 5.82 Å². The highest BCUT2D eigenvalue weighted by atomic mass is 35.5. The third-order valence-electron chi connectivity index (χ3n) is 3.15. The van der Waals surface area contributed by atoms with Crippen LogP contribution in [-0.2, 0) is 16.2 Å². The maximum Gasteiger partial charge on any atom is 0.182 e. The second-order valence-electron chi connectivity index (χ2n) is 4.23. The molecule has 1 aliphatic rings. The molecule has 0 spiro atoms. The summed E-state index contributed by atoms with van der Waals surface area (Å²) in [4.78, 5) is 4.42. The summed E-state index contributed by atoms with van der Waals surface area (Å²) >= 11 is 5.73. The fourth-order valence-corrected chi connectivity index (χ4v) is 2.51. The predicted octanol–water partition coefficient (Wildman–Crippen LogP) is 2.74. The maximum absolute atomic E-state index is 5.93. The molecule has 5 heteroatoms. The van der Waals surface area contributed by atoms with Crippen molar-refractivity contribution in [1.82, 2.24) is 15.2 Å². The van der Waals surface area contributed by atoms with Gasteiger partial charge >= 0.3 is 0 Å². The normalized spacial score (nSPS) is 19.9. The first-order valence-electron chi connectivity index (χ1n) is 5.92. The number of nitrogens with zero attached hydrogens (tertiary/aromatic N) is 2. The lowest BCUT2D eigenvalue weighted by Crippen LogP contribution is -2.33. The monoisotopic (exact) mass is 243 g/mol. The lowest BCUT2D eigenvalue weighted by Gasteiger charge is -2.34. The van der Waals surface area contributed by atoms with E-state index in [1.54, 1.807) is 0 Å². The molecule has 2 rings (SSSR count). The summed E-state index contributed by atoms with van der Waals surface area (Å²) in [5.74, 6) is 1.88. The number of aromatic nitrogens is 3. The summed E-state index contributed by atoms with van der Waals surface area (Å²) in [7, 11) is 0. The number of halogens is 1. The Balaban J connectivity index is 2.23. The number of alkyl halides is 1. The van der Waals surface area contributed by atoms with Crippen LogP contribution in [0.5, 0.6) is 0 Å². The van der Waals surface area contributed by atoms with Crippen molar-refractivity contribution in [3.8, 4) is 0 Å². The number of hydrogen-bond acceptors (Lipinski definition) is 3. The van der Waals surface area contributed by atoms with E-state index in [2.05, 4.69) is 15.2 Å². The average molecular weight is 244 g/mol. The Kier molecular flexibility index (Phi) is 3.82. The lowest BCUT2D eigenvalue weighted by molar-refractivity contribution is -0.0764. The lowest BCUT2D eigenvalue weighted by atomic mass is 9.84. The molecule has 0 atom stereocenters. The first-order chi connectivity index (χ1) is 7.80. The zero-order valence-corrected chi connectivity index (χ0v) is 10.4. The molecule has 0 aromatic carbocycles. The first-order valence-corrected chi connectivity index (χ1v) is 6.46. The quantitative estimate of drug-likeness (QED) is 0.828. The molecule has 1 aromatic rings. The molecule has 0 amide bonds. The van der Waals surface area contributed by atoms with E-state index in [4.69, 9.17) is 16.3 Å². The molecule has 1 fully saturated rings. The molecule has 4 nitrogen and oxygen atoms in total. The fourth-order valence-electron chi connectivity index (χ4n) is 2.39. The van der Waals surface area contributed by atoms with Crippen molar-refractivity contribution in [3.05, 3.63) is 11.6 Å². The molecule has 0 bridgehead atoms. The summed E-state index contributed by atoms with van der Waals surface area (Å²) in [5.41, 5.74) is -0.270. The molecule has 0 unspecified atom stereocenters. The minimum atomic E-state index is -0.270. The Morgan fingerprint density at radius 2 is 2.12 bits per heavy atom. The van der Waals surface area contributed by atoms with E-state index >= 15 is 0 Å². The molecule has 1 N–H and O–H groups in total. The minimum Gasteiger partial charge on any atom is -0.367 e. The van der Waals surface area contributed by atoms with Crippen LogP contribution < -0.4 is 0 Å². The Morgan fingerprint density at radius 1 is 1.38 bits per heavy atom. The summed E-state index contributed by atoms with van der Waals surface area (Å²) in [5, 5.41) is 7.12. The van der Waals surface area contributed by atoms with Gasteiger partial charge in [-0.1, -0.05) is 19.3 Å². The molecule has 90 valence electrons. The van der Waals surface area contributed by atoms with Gasteiger partial charge in [-0.2, -0.15) is 5.10 Å². The van der Waals surface area contributed by atoms with Crippen LogP contribution in [0, 0.1) is 0 Å². The van der Waals surface area contributed by atoms with Crippen LogP contribution in [0.3, 0.4) is 0 Å². The zero-order chi connectivity index (χ0) is 11.4. The minimum absolute atomic E-state index is 0.270. The highest BCUT2D eigenvalue weighted by Crippen LogP contribution is 2.38. The third kappa shape index (κ3) is 2.23. The van der Waals surface area contributed by atoms with Crippen LogP contribution >= 0.6 is 11.6 Å². The van der Waals surface area contributed by atoms with E-state index < -0.39 is 0 Å². The van der Waals surface area contributed by atoms with Crippen molar-refractivity contribution in [2.75, 3.05) is 6.61 Å². The van der Waals surface area contributed by atoms with Gasteiger partial charge in [0.05, 0.1) is 5.88 Å². The van der Waals surface area contributed by atoms with E-state index in [9.17, 15) is 0 Å². The van der Waals surface area contributed by atoms with Gasteiger partial charge < -0.3 is 4.74 Å². The van der Waals surface area contributed by atoms with E-state index in [1.807, 2.05) is 6.92 Å². The number of ether oxygens (including phenoxy) is 1. The van der Waals surface area contributed by atoms with Crippen LogP contribution in [0.15, 0.2) is 0 Å². The van der Waals surface area contributed by atoms with Crippen molar-refractivity contribution >= 4 is 11.6 Å². The van der Waals surface area contributed by atoms with Crippen LogP contribution in [0.1, 0.15) is 50.7 Å². The van der Waals surface area contributed by atoms with E-state index in [0.717, 1.165) is 24.5 Å². The summed E-state index contributed by atoms with van der Waals surface area (Å²) in [6.45, 7) is 2.72. The predicted molar refractivity (Wildman–Crippen MR) is 62.3 cm³/mol. The van der Waals surface area contributed by atoms with Gasteiger partial charge in [0, 0.05) is 6.61 Å². The topological polar surface area (TPSA) is 50.8 Å². The van der Waals surface area contributed by atoms with Crippen molar-refractivity contribution in [3.63, 3.8) is 0 Å². The van der Waals surface area contributed by atoms with Crippen molar-refractivity contribution < 1.29 is 4.74 Å². The number of aromatic amines is 1. The molecule has 0 saturated heterocycles. The number of hydrogen-bond donors (Lipinski definition) is 1. The second kappa shape index (κ2) is 5.15. The van der Waals surface area contributed by atoms with Gasteiger partial charge in [-0.25, -0.2) is 4.98 Å². The van der Waals surface area contributed by atoms with Gasteiger partial charge in [0.25, 0.3) is 0 Å². The molecular formula is C11H18ClN3O. The van der Waals surface area contributed by atoms with Gasteiger partial charge in [0.1, 0.15) is 11.4 Å². The number of rotatable bonds is 4. The third-order valence-corrected chi connectivity index (χ3v) is 3.40. The van der Waals surface area contributed by atoms with Gasteiger partial charge in [0.2, 0.25) is 0 Å². The summed E-state index contributed by atoms with van der Waals surface area (Å²) in [6.07, 6.45) is 5.68. The fraction of sp³-hybridized carbons (Fsp3) is 0.818. The second-order valence-corrected chi connectivity index (χ2v) is 4.49. The van der Waals surface area contributed by atoms with Gasteiger partial charge in [-0.15, -0.1) is 11.6 Å². The molecule has 16 heavy (non-hydrogen) atoms. The molecule has 1 aliphatic carbocycles. The van der Waals surface area contributed by atoms with Crippen molar-refractivity contribution in [1.29, 1.82) is 0 Å². The van der Waals surface area contributed by atoms with Gasteiger partial charge in [-0.3, -0.25) is 5.10 Å². The Hall–Kier alpha value is -0.610. The van der Waals surface area contributed by atoms with E-state index in [1.165, 1.54) is 19.3 Å². The maximum atomic E-state index is 5.93. The van der Waals surface area contributed by atoms with Crippen LogP contribution in [0.25, 0.3) is 0 Å². The van der Waals surface area contributed by atoms with Crippen LogP contribution in [-0.4, -0.2) is 21.8 Å². The van der Waals surface area contributed by atoms with E-state index in [0.29, 0.717) is 12.5 Å². The van der Waals surface area contributed by atoms with Crippen LogP contribution in [0.4, 0.5) is 0 Å². The standard InChI is InChI=1S/C11H18ClN3O/c1-2-16-11(6-4-3-5-7-11)10-13-9(8-12)14-15-10/h2-8H2,1H3,(H,13,14,15). The average Bonchev–Trinajstić information content (AvgIpc) is 2.80. The highest BCUT2D eigenvalue weighted by molar-refractivity contribution is 6.16. The molecule has 0 aliphatic heterocycles. The number of H-pyrrole nitrogens is 1. The van der Waals surface area contributed by atoms with Crippen molar-refractivity contribution in [2.45, 2.75) is 50.5 Å². The SMILES string of the molecule is CCOC1(c2n[nH]c(CCl)n2)CCCCC1. The Morgan fingerprint density at radius 3 is 2.69 bits per heavy atom. The molecule has 1 aromatic heterocycles. The zero-order valence-electron chi connectivity index (χ0n) is 9.63. The van der Waals surface area contributed by atoms with Crippen molar-refractivity contribution in [2.24, 2.45) is 0 Å². The molecule has 1 heterocycles. The summed E-state index contributed by atoms with van der Waals surface area (Å²) in [6, 6.07) is 0. The first kappa shape index (κ1) is 11.9. The Labute approximate surface area is 101 Å². The van der Waals surface area contributed by atoms with E-state index in [-0.39, 0.29) is 5.60 Å². The molecule has 1 saturated carbocycles. The molecular weight excluding hydrogens is 226 g/mol. The highest BCUT2D eigenvalue weighted by Gasteiger charge is 2.38. The largest absolute Gasteiger partial charge is 0.367 e. The summed E-state index contributed by atoms with van der Waals surface area (Å²) < 4.78 is 5.93. The van der Waals surface area contributed by atoms with Gasteiger partial charge in [-0.05, 0) is 19.8 Å². The van der Waals surface area contributed by atoms with Crippen LogP contribution in [0.2, 0.25) is 0 Å².